The van der Waals surface area contributed by atoms with Gasteiger partial charge in [-0.15, -0.1) is 0 Å². The summed E-state index contributed by atoms with van der Waals surface area (Å²) in [5.41, 5.74) is 3.13. The molecule has 110 valence electrons. The normalized spacial score (nSPS) is 19.3. The third-order valence-corrected chi connectivity index (χ3v) is 4.11. The zero-order valence-corrected chi connectivity index (χ0v) is 12.3. The summed E-state index contributed by atoms with van der Waals surface area (Å²) in [7, 11) is 0. The van der Waals surface area contributed by atoms with Crippen molar-refractivity contribution in [1.29, 1.82) is 0 Å². The van der Waals surface area contributed by atoms with Crippen LogP contribution in [0.5, 0.6) is 0 Å². The molecule has 1 fully saturated rings. The largest absolute Gasteiger partial charge is 0.370 e. The van der Waals surface area contributed by atoms with Crippen molar-refractivity contribution in [3.63, 3.8) is 0 Å². The van der Waals surface area contributed by atoms with E-state index in [4.69, 9.17) is 0 Å². The SMILES string of the molecule is Cc1cc(N2CCCNC(c3ccccc3)C2)ccc1F. The van der Waals surface area contributed by atoms with Crippen LogP contribution in [-0.2, 0) is 0 Å². The van der Waals surface area contributed by atoms with E-state index < -0.39 is 0 Å². The van der Waals surface area contributed by atoms with E-state index in [2.05, 4.69) is 34.5 Å². The van der Waals surface area contributed by atoms with E-state index in [1.54, 1.807) is 6.07 Å². The Morgan fingerprint density at radius 1 is 1.14 bits per heavy atom. The lowest BCUT2D eigenvalue weighted by atomic mass is 10.1. The van der Waals surface area contributed by atoms with Crippen LogP contribution in [0.15, 0.2) is 48.5 Å². The van der Waals surface area contributed by atoms with E-state index >= 15 is 0 Å². The molecule has 0 aromatic heterocycles. The van der Waals surface area contributed by atoms with E-state index in [0.717, 1.165) is 31.7 Å². The molecule has 3 rings (SSSR count). The minimum atomic E-state index is -0.133. The second kappa shape index (κ2) is 6.27. The maximum absolute atomic E-state index is 13.5. The molecular formula is C18H21FN2. The average molecular weight is 284 g/mol. The second-order valence-corrected chi connectivity index (χ2v) is 5.65. The standard InChI is InChI=1S/C18H21FN2/c1-14-12-16(8-9-17(14)19)21-11-5-10-20-18(13-21)15-6-3-2-4-7-15/h2-4,6-9,12,18,20H,5,10-11,13H2,1H3. The van der Waals surface area contributed by atoms with E-state index in [-0.39, 0.29) is 5.82 Å². The minimum Gasteiger partial charge on any atom is -0.370 e. The van der Waals surface area contributed by atoms with Gasteiger partial charge in [0, 0.05) is 24.8 Å². The zero-order chi connectivity index (χ0) is 14.7. The van der Waals surface area contributed by atoms with Gasteiger partial charge in [-0.1, -0.05) is 30.3 Å². The summed E-state index contributed by atoms with van der Waals surface area (Å²) in [4.78, 5) is 2.35. The van der Waals surface area contributed by atoms with Crippen molar-refractivity contribution in [2.24, 2.45) is 0 Å². The van der Waals surface area contributed by atoms with Gasteiger partial charge in [-0.05, 0) is 49.2 Å². The van der Waals surface area contributed by atoms with Gasteiger partial charge in [-0.2, -0.15) is 0 Å². The first-order chi connectivity index (χ1) is 10.2. The molecular weight excluding hydrogens is 263 g/mol. The van der Waals surface area contributed by atoms with Gasteiger partial charge in [-0.25, -0.2) is 4.39 Å². The molecule has 2 aromatic carbocycles. The summed E-state index contributed by atoms with van der Waals surface area (Å²) >= 11 is 0. The van der Waals surface area contributed by atoms with Gasteiger partial charge in [0.2, 0.25) is 0 Å². The summed E-state index contributed by atoms with van der Waals surface area (Å²) in [5, 5.41) is 3.61. The molecule has 2 nitrogen and oxygen atoms in total. The van der Waals surface area contributed by atoms with Crippen molar-refractivity contribution in [1.82, 2.24) is 5.32 Å². The molecule has 2 aromatic rings. The number of hydrogen-bond donors (Lipinski definition) is 1. The Hall–Kier alpha value is -1.87. The lowest BCUT2D eigenvalue weighted by Gasteiger charge is -2.27. The van der Waals surface area contributed by atoms with Gasteiger partial charge < -0.3 is 10.2 Å². The molecule has 1 unspecified atom stereocenters. The number of nitrogens with zero attached hydrogens (tertiary/aromatic N) is 1. The Morgan fingerprint density at radius 2 is 1.95 bits per heavy atom. The predicted molar refractivity (Wildman–Crippen MR) is 85.2 cm³/mol. The van der Waals surface area contributed by atoms with Crippen LogP contribution in [-0.4, -0.2) is 19.6 Å². The van der Waals surface area contributed by atoms with Gasteiger partial charge >= 0.3 is 0 Å². The van der Waals surface area contributed by atoms with Crippen LogP contribution in [0.1, 0.15) is 23.6 Å². The molecule has 1 atom stereocenters. The van der Waals surface area contributed by atoms with Gasteiger partial charge in [0.1, 0.15) is 5.82 Å². The highest BCUT2D eigenvalue weighted by atomic mass is 19.1. The van der Waals surface area contributed by atoms with Crippen LogP contribution in [0.25, 0.3) is 0 Å². The first-order valence-electron chi connectivity index (χ1n) is 7.53. The third-order valence-electron chi connectivity index (χ3n) is 4.11. The third kappa shape index (κ3) is 3.24. The minimum absolute atomic E-state index is 0.133. The fourth-order valence-electron chi connectivity index (χ4n) is 2.89. The van der Waals surface area contributed by atoms with Crippen LogP contribution < -0.4 is 10.2 Å². The molecule has 21 heavy (non-hydrogen) atoms. The van der Waals surface area contributed by atoms with E-state index in [0.29, 0.717) is 11.6 Å². The summed E-state index contributed by atoms with van der Waals surface area (Å²) in [6.45, 7) is 4.75. The molecule has 1 saturated heterocycles. The molecule has 1 aliphatic heterocycles. The van der Waals surface area contributed by atoms with Crippen molar-refractivity contribution in [2.45, 2.75) is 19.4 Å². The molecule has 0 radical (unpaired) electrons. The number of benzene rings is 2. The van der Waals surface area contributed by atoms with E-state index in [1.807, 2.05) is 25.1 Å². The molecule has 0 aliphatic carbocycles. The summed E-state index contributed by atoms with van der Waals surface area (Å²) in [6, 6.07) is 16.2. The van der Waals surface area contributed by atoms with E-state index in [9.17, 15) is 4.39 Å². The highest BCUT2D eigenvalue weighted by molar-refractivity contribution is 5.49. The van der Waals surface area contributed by atoms with Crippen molar-refractivity contribution in [2.75, 3.05) is 24.5 Å². The molecule has 1 N–H and O–H groups in total. The summed E-state index contributed by atoms with van der Waals surface area (Å²) in [6.07, 6.45) is 1.10. The molecule has 0 bridgehead atoms. The number of halogens is 1. The van der Waals surface area contributed by atoms with Crippen LogP contribution in [0.3, 0.4) is 0 Å². The number of anilines is 1. The Balaban J connectivity index is 1.83. The summed E-state index contributed by atoms with van der Waals surface area (Å²) in [5.74, 6) is -0.133. The zero-order valence-electron chi connectivity index (χ0n) is 12.3. The van der Waals surface area contributed by atoms with Crippen molar-refractivity contribution < 1.29 is 4.39 Å². The van der Waals surface area contributed by atoms with Gasteiger partial charge in [0.25, 0.3) is 0 Å². The van der Waals surface area contributed by atoms with Crippen molar-refractivity contribution in [3.05, 3.63) is 65.5 Å². The Morgan fingerprint density at radius 3 is 2.71 bits per heavy atom. The second-order valence-electron chi connectivity index (χ2n) is 5.65. The highest BCUT2D eigenvalue weighted by Gasteiger charge is 2.19. The molecule has 0 spiro atoms. The first-order valence-corrected chi connectivity index (χ1v) is 7.53. The average Bonchev–Trinajstić information content (AvgIpc) is 2.77. The quantitative estimate of drug-likeness (QED) is 0.905. The Labute approximate surface area is 125 Å². The maximum atomic E-state index is 13.5. The number of nitrogens with one attached hydrogen (secondary N) is 1. The Kier molecular flexibility index (Phi) is 4.20. The van der Waals surface area contributed by atoms with E-state index in [1.165, 1.54) is 5.56 Å². The first kappa shape index (κ1) is 14.1. The molecule has 1 heterocycles. The number of rotatable bonds is 2. The maximum Gasteiger partial charge on any atom is 0.126 e. The van der Waals surface area contributed by atoms with Crippen molar-refractivity contribution in [3.8, 4) is 0 Å². The number of aryl methyl sites for hydroxylation is 1. The fourth-order valence-corrected chi connectivity index (χ4v) is 2.89. The van der Waals surface area contributed by atoms with Gasteiger partial charge in [0.15, 0.2) is 0 Å². The van der Waals surface area contributed by atoms with Crippen LogP contribution in [0.2, 0.25) is 0 Å². The predicted octanol–water partition coefficient (Wildman–Crippen LogP) is 3.68. The molecule has 3 heteroatoms. The van der Waals surface area contributed by atoms with Crippen LogP contribution in [0.4, 0.5) is 10.1 Å². The fraction of sp³-hybridized carbons (Fsp3) is 0.333. The molecule has 0 saturated carbocycles. The van der Waals surface area contributed by atoms with Gasteiger partial charge in [0.05, 0.1) is 0 Å². The van der Waals surface area contributed by atoms with Crippen LogP contribution >= 0.6 is 0 Å². The van der Waals surface area contributed by atoms with Crippen LogP contribution in [0, 0.1) is 12.7 Å². The topological polar surface area (TPSA) is 15.3 Å². The lowest BCUT2D eigenvalue weighted by molar-refractivity contribution is 0.569. The monoisotopic (exact) mass is 284 g/mol. The Bertz CT molecular complexity index is 597. The van der Waals surface area contributed by atoms with Crippen molar-refractivity contribution >= 4 is 5.69 Å². The highest BCUT2D eigenvalue weighted by Crippen LogP contribution is 2.24. The number of hydrogen-bond acceptors (Lipinski definition) is 2. The summed E-state index contributed by atoms with van der Waals surface area (Å²) < 4.78 is 13.5. The molecule has 1 aliphatic rings. The lowest BCUT2D eigenvalue weighted by Crippen LogP contribution is -2.31. The molecule has 0 amide bonds. The smallest absolute Gasteiger partial charge is 0.126 e. The van der Waals surface area contributed by atoms with Gasteiger partial charge in [-0.3, -0.25) is 0 Å².